The van der Waals surface area contributed by atoms with Crippen LogP contribution in [0.5, 0.6) is 5.75 Å². The molecule has 19 heavy (non-hydrogen) atoms. The highest BCUT2D eigenvalue weighted by Gasteiger charge is 2.11. The van der Waals surface area contributed by atoms with Crippen molar-refractivity contribution in [1.29, 1.82) is 0 Å². The van der Waals surface area contributed by atoms with Gasteiger partial charge in [0.25, 0.3) is 5.91 Å². The molecule has 0 saturated heterocycles. The monoisotopic (exact) mass is 266 g/mol. The maximum atomic E-state index is 12.0. The number of carbonyl (C=O) groups excluding carboxylic acids is 1. The molecular formula is C14H22N2O3. The molecule has 0 heterocycles. The first kappa shape index (κ1) is 15.5. The largest absolute Gasteiger partial charge is 0.496 e. The maximum Gasteiger partial charge on any atom is 0.255 e. The Hall–Kier alpha value is -1.59. The van der Waals surface area contributed by atoms with Crippen LogP contribution in [0.15, 0.2) is 18.2 Å². The molecule has 0 spiro atoms. The van der Waals surface area contributed by atoms with Crippen LogP contribution in [0.3, 0.4) is 0 Å². The third kappa shape index (κ3) is 5.28. The molecule has 0 bridgehead atoms. The Labute approximate surface area is 114 Å². The molecule has 5 heteroatoms. The first-order chi connectivity index (χ1) is 9.19. The van der Waals surface area contributed by atoms with Crippen molar-refractivity contribution in [3.05, 3.63) is 29.3 Å². The Morgan fingerprint density at radius 2 is 2.00 bits per heavy atom. The molecule has 0 radical (unpaired) electrons. The van der Waals surface area contributed by atoms with Gasteiger partial charge in [0.05, 0.1) is 19.3 Å². The summed E-state index contributed by atoms with van der Waals surface area (Å²) in [5.41, 5.74) is 1.60. The number of nitrogens with one attached hydrogen (secondary N) is 2. The minimum Gasteiger partial charge on any atom is -0.496 e. The van der Waals surface area contributed by atoms with Crippen LogP contribution in [0.2, 0.25) is 0 Å². The van der Waals surface area contributed by atoms with E-state index in [1.807, 2.05) is 19.1 Å². The molecule has 2 N–H and O–H groups in total. The molecule has 0 atom stereocenters. The molecule has 106 valence electrons. The van der Waals surface area contributed by atoms with E-state index in [2.05, 4.69) is 10.6 Å². The molecule has 0 fully saturated rings. The molecule has 0 aliphatic heterocycles. The smallest absolute Gasteiger partial charge is 0.255 e. The van der Waals surface area contributed by atoms with Crippen molar-refractivity contribution in [3.63, 3.8) is 0 Å². The predicted molar refractivity (Wildman–Crippen MR) is 74.8 cm³/mol. The van der Waals surface area contributed by atoms with Crippen LogP contribution in [-0.4, -0.2) is 46.4 Å². The summed E-state index contributed by atoms with van der Waals surface area (Å²) in [5, 5.41) is 6.02. The average molecular weight is 266 g/mol. The highest BCUT2D eigenvalue weighted by atomic mass is 16.5. The maximum absolute atomic E-state index is 12.0. The lowest BCUT2D eigenvalue weighted by molar-refractivity contribution is 0.0950. The quantitative estimate of drug-likeness (QED) is 0.688. The lowest BCUT2D eigenvalue weighted by Crippen LogP contribution is -2.33. The van der Waals surface area contributed by atoms with Crippen LogP contribution in [0.25, 0.3) is 0 Å². The Morgan fingerprint density at radius 3 is 2.68 bits per heavy atom. The van der Waals surface area contributed by atoms with Gasteiger partial charge in [0.15, 0.2) is 0 Å². The fourth-order valence-corrected chi connectivity index (χ4v) is 1.66. The zero-order chi connectivity index (χ0) is 14.1. The predicted octanol–water partition coefficient (Wildman–Crippen LogP) is 0.969. The number of rotatable bonds is 8. The van der Waals surface area contributed by atoms with Gasteiger partial charge in [-0.1, -0.05) is 11.6 Å². The second kappa shape index (κ2) is 8.50. The third-order valence-corrected chi connectivity index (χ3v) is 2.67. The summed E-state index contributed by atoms with van der Waals surface area (Å²) in [5.74, 6) is 0.476. The van der Waals surface area contributed by atoms with E-state index >= 15 is 0 Å². The van der Waals surface area contributed by atoms with Gasteiger partial charge >= 0.3 is 0 Å². The lowest BCUT2D eigenvalue weighted by atomic mass is 10.1. The fourth-order valence-electron chi connectivity index (χ4n) is 1.66. The first-order valence-corrected chi connectivity index (χ1v) is 6.31. The summed E-state index contributed by atoms with van der Waals surface area (Å²) < 4.78 is 10.1. The second-order valence-corrected chi connectivity index (χ2v) is 4.20. The van der Waals surface area contributed by atoms with E-state index in [1.54, 1.807) is 20.3 Å². The number of hydrogen-bond acceptors (Lipinski definition) is 4. The summed E-state index contributed by atoms with van der Waals surface area (Å²) in [6, 6.07) is 5.55. The van der Waals surface area contributed by atoms with E-state index in [-0.39, 0.29) is 5.91 Å². The molecule has 1 aromatic rings. The van der Waals surface area contributed by atoms with Crippen LogP contribution < -0.4 is 15.4 Å². The van der Waals surface area contributed by atoms with Crippen molar-refractivity contribution in [1.82, 2.24) is 10.6 Å². The molecule has 1 aromatic carbocycles. The van der Waals surface area contributed by atoms with Crippen molar-refractivity contribution < 1.29 is 14.3 Å². The molecule has 0 saturated carbocycles. The Kier molecular flexibility index (Phi) is 6.92. The van der Waals surface area contributed by atoms with E-state index in [0.717, 1.165) is 12.1 Å². The van der Waals surface area contributed by atoms with E-state index in [1.165, 1.54) is 0 Å². The third-order valence-electron chi connectivity index (χ3n) is 2.67. The van der Waals surface area contributed by atoms with Gasteiger partial charge in [-0.25, -0.2) is 0 Å². The number of benzene rings is 1. The Morgan fingerprint density at radius 1 is 1.21 bits per heavy atom. The van der Waals surface area contributed by atoms with Crippen LogP contribution in [0.4, 0.5) is 0 Å². The molecule has 0 aromatic heterocycles. The van der Waals surface area contributed by atoms with Crippen LogP contribution in [0.1, 0.15) is 15.9 Å². The van der Waals surface area contributed by atoms with Gasteiger partial charge in [-0.3, -0.25) is 4.79 Å². The summed E-state index contributed by atoms with van der Waals surface area (Å²) in [6.45, 7) is 4.67. The molecule has 1 rings (SSSR count). The van der Waals surface area contributed by atoms with E-state index in [4.69, 9.17) is 9.47 Å². The van der Waals surface area contributed by atoms with Gasteiger partial charge < -0.3 is 20.1 Å². The Balaban J connectivity index is 2.43. The van der Waals surface area contributed by atoms with E-state index < -0.39 is 0 Å². The van der Waals surface area contributed by atoms with Crippen molar-refractivity contribution in [2.75, 3.05) is 40.5 Å². The average Bonchev–Trinajstić information content (AvgIpc) is 2.42. The molecule has 0 aliphatic carbocycles. The minimum atomic E-state index is -0.117. The summed E-state index contributed by atoms with van der Waals surface area (Å²) in [4.78, 5) is 12.0. The summed E-state index contributed by atoms with van der Waals surface area (Å²) >= 11 is 0. The van der Waals surface area contributed by atoms with Crippen LogP contribution in [0, 0.1) is 6.92 Å². The van der Waals surface area contributed by atoms with Crippen molar-refractivity contribution in [3.8, 4) is 5.75 Å². The fraction of sp³-hybridized carbons (Fsp3) is 0.500. The zero-order valence-electron chi connectivity index (χ0n) is 11.8. The van der Waals surface area contributed by atoms with Gasteiger partial charge in [-0.2, -0.15) is 0 Å². The number of ether oxygens (including phenoxy) is 2. The van der Waals surface area contributed by atoms with Gasteiger partial charge in [-0.05, 0) is 19.1 Å². The Bertz CT molecular complexity index is 408. The molecular weight excluding hydrogens is 244 g/mol. The topological polar surface area (TPSA) is 59.6 Å². The van der Waals surface area contributed by atoms with Crippen LogP contribution in [-0.2, 0) is 4.74 Å². The first-order valence-electron chi connectivity index (χ1n) is 6.31. The van der Waals surface area contributed by atoms with Crippen molar-refractivity contribution >= 4 is 5.91 Å². The van der Waals surface area contributed by atoms with Gasteiger partial charge in [0.1, 0.15) is 5.75 Å². The lowest BCUT2D eigenvalue weighted by Gasteiger charge is -2.10. The van der Waals surface area contributed by atoms with E-state index in [9.17, 15) is 4.79 Å². The molecule has 0 unspecified atom stereocenters. The van der Waals surface area contributed by atoms with Gasteiger partial charge in [0.2, 0.25) is 0 Å². The van der Waals surface area contributed by atoms with Crippen molar-refractivity contribution in [2.45, 2.75) is 6.92 Å². The number of carbonyl (C=O) groups is 1. The number of methoxy groups -OCH3 is 2. The normalized spacial score (nSPS) is 10.3. The van der Waals surface area contributed by atoms with E-state index in [0.29, 0.717) is 31.0 Å². The highest BCUT2D eigenvalue weighted by molar-refractivity contribution is 5.97. The zero-order valence-corrected chi connectivity index (χ0v) is 11.8. The molecule has 5 nitrogen and oxygen atoms in total. The molecule has 1 amide bonds. The number of aryl methyl sites for hydroxylation is 1. The standard InChI is InChI=1S/C14H22N2O3/c1-11-4-5-13(19-3)12(10-11)14(17)16-7-6-15-8-9-18-2/h4-5,10,15H,6-9H2,1-3H3,(H,16,17). The SMILES string of the molecule is COCCNCCNC(=O)c1cc(C)ccc1OC. The van der Waals surface area contributed by atoms with Crippen LogP contribution >= 0.6 is 0 Å². The van der Waals surface area contributed by atoms with Gasteiger partial charge in [-0.15, -0.1) is 0 Å². The summed E-state index contributed by atoms with van der Waals surface area (Å²) in [7, 11) is 3.22. The number of hydrogen-bond donors (Lipinski definition) is 2. The minimum absolute atomic E-state index is 0.117. The second-order valence-electron chi connectivity index (χ2n) is 4.20. The summed E-state index contributed by atoms with van der Waals surface area (Å²) in [6.07, 6.45) is 0. The van der Waals surface area contributed by atoms with Crippen molar-refractivity contribution in [2.24, 2.45) is 0 Å². The molecule has 0 aliphatic rings. The number of amides is 1. The van der Waals surface area contributed by atoms with Gasteiger partial charge in [0, 0.05) is 26.7 Å². The highest BCUT2D eigenvalue weighted by Crippen LogP contribution is 2.19.